The first-order chi connectivity index (χ1) is 9.33. The second-order valence-corrected chi connectivity index (χ2v) is 3.98. The van der Waals surface area contributed by atoms with Crippen LogP contribution in [0.2, 0.25) is 0 Å². The molecule has 0 saturated carbocycles. The first-order valence-electron chi connectivity index (χ1n) is 6.48. The number of ether oxygens (including phenoxy) is 2. The molecule has 4 heteroatoms. The molecule has 0 bridgehead atoms. The Kier molecular flexibility index (Phi) is 7.17. The minimum absolute atomic E-state index is 0.482. The molecule has 0 fully saturated rings. The highest BCUT2D eigenvalue weighted by molar-refractivity contribution is 5.59. The minimum Gasteiger partial charge on any atom is -0.496 e. The summed E-state index contributed by atoms with van der Waals surface area (Å²) in [6.45, 7) is 6.46. The van der Waals surface area contributed by atoms with Crippen LogP contribution < -0.4 is 10.1 Å². The van der Waals surface area contributed by atoms with Crippen molar-refractivity contribution in [3.8, 4) is 5.75 Å². The molecule has 0 amide bonds. The average molecular weight is 262 g/mol. The summed E-state index contributed by atoms with van der Waals surface area (Å²) in [5, 5.41) is 3.15. The smallest absolute Gasteiger partial charge is 0.145 e. The maximum Gasteiger partial charge on any atom is 0.145 e. The lowest BCUT2D eigenvalue weighted by atomic mass is 10.1. The van der Waals surface area contributed by atoms with Crippen molar-refractivity contribution in [2.24, 2.45) is 4.99 Å². The molecule has 1 aromatic rings. The second kappa shape index (κ2) is 9.03. The molecule has 0 unspecified atom stereocenters. The fourth-order valence-corrected chi connectivity index (χ4v) is 1.76. The predicted octanol–water partition coefficient (Wildman–Crippen LogP) is 3.25. The summed E-state index contributed by atoms with van der Waals surface area (Å²) >= 11 is 0. The van der Waals surface area contributed by atoms with Crippen molar-refractivity contribution in [2.45, 2.75) is 19.8 Å². The van der Waals surface area contributed by atoms with Crippen molar-refractivity contribution < 1.29 is 9.47 Å². The topological polar surface area (TPSA) is 42.9 Å². The van der Waals surface area contributed by atoms with E-state index in [1.54, 1.807) is 0 Å². The molecule has 0 radical (unpaired) electrons. The third kappa shape index (κ3) is 5.04. The van der Waals surface area contributed by atoms with Gasteiger partial charge in [0.2, 0.25) is 0 Å². The largest absolute Gasteiger partial charge is 0.496 e. The summed E-state index contributed by atoms with van der Waals surface area (Å²) in [5.74, 6) is 0.918. The number of para-hydroxylation sites is 1. The van der Waals surface area contributed by atoms with E-state index in [9.17, 15) is 0 Å². The molecule has 0 heterocycles. The third-order valence-electron chi connectivity index (χ3n) is 2.60. The van der Waals surface area contributed by atoms with Crippen LogP contribution in [-0.4, -0.2) is 27.0 Å². The number of nitrogens with one attached hydrogen (secondary N) is 1. The highest BCUT2D eigenvalue weighted by Gasteiger charge is 2.08. The highest BCUT2D eigenvalue weighted by atomic mass is 16.5. The van der Waals surface area contributed by atoms with Gasteiger partial charge >= 0.3 is 0 Å². The van der Waals surface area contributed by atoms with Gasteiger partial charge < -0.3 is 14.8 Å². The predicted molar refractivity (Wildman–Crippen MR) is 80.1 cm³/mol. The molecular formula is C15H22N2O2. The fourth-order valence-electron chi connectivity index (χ4n) is 1.76. The number of rotatable bonds is 9. The van der Waals surface area contributed by atoms with Crippen molar-refractivity contribution in [3.05, 3.63) is 36.2 Å². The summed E-state index contributed by atoms with van der Waals surface area (Å²) < 4.78 is 11.0. The summed E-state index contributed by atoms with van der Waals surface area (Å²) in [5.41, 5.74) is 2.23. The monoisotopic (exact) mass is 262 g/mol. The van der Waals surface area contributed by atoms with Gasteiger partial charge in [0.05, 0.1) is 11.9 Å². The first-order valence-corrected chi connectivity index (χ1v) is 6.48. The van der Waals surface area contributed by atoms with Gasteiger partial charge in [-0.1, -0.05) is 25.5 Å². The number of benzene rings is 1. The normalized spacial score (nSPS) is 10.4. The standard InChI is InChI=1S/C15H22N2O2/c1-4-6-13-7-5-8-14(17-3)15(13)19-12-11-18-10-9-16-2/h5,7-10,17H,2,4,6,11-12H2,1,3H3/b10-9-. The van der Waals surface area contributed by atoms with E-state index in [2.05, 4.69) is 30.0 Å². The zero-order valence-electron chi connectivity index (χ0n) is 11.7. The summed E-state index contributed by atoms with van der Waals surface area (Å²) in [4.78, 5) is 3.55. The Morgan fingerprint density at radius 1 is 1.37 bits per heavy atom. The van der Waals surface area contributed by atoms with E-state index >= 15 is 0 Å². The number of aryl methyl sites for hydroxylation is 1. The van der Waals surface area contributed by atoms with Crippen LogP contribution in [-0.2, 0) is 11.2 Å². The molecule has 0 aliphatic carbocycles. The number of aliphatic imine (C=N–C) groups is 1. The number of anilines is 1. The molecule has 1 aromatic carbocycles. The van der Waals surface area contributed by atoms with Crippen LogP contribution in [0, 0.1) is 0 Å². The molecule has 0 aromatic heterocycles. The molecule has 0 atom stereocenters. The molecule has 0 aliphatic heterocycles. The summed E-state index contributed by atoms with van der Waals surface area (Å²) in [6, 6.07) is 6.15. The van der Waals surface area contributed by atoms with Gasteiger partial charge in [-0.05, 0) is 24.8 Å². The van der Waals surface area contributed by atoms with Crippen molar-refractivity contribution in [2.75, 3.05) is 25.6 Å². The van der Waals surface area contributed by atoms with E-state index < -0.39 is 0 Å². The highest BCUT2D eigenvalue weighted by Crippen LogP contribution is 2.29. The summed E-state index contributed by atoms with van der Waals surface area (Å²) in [6.07, 6.45) is 5.11. The Bertz CT molecular complexity index is 417. The van der Waals surface area contributed by atoms with Crippen LogP contribution >= 0.6 is 0 Å². The maximum absolute atomic E-state index is 5.82. The molecule has 1 N–H and O–H groups in total. The third-order valence-corrected chi connectivity index (χ3v) is 2.60. The van der Waals surface area contributed by atoms with Crippen LogP contribution in [0.5, 0.6) is 5.75 Å². The molecular weight excluding hydrogens is 240 g/mol. The lowest BCUT2D eigenvalue weighted by molar-refractivity contribution is 0.178. The van der Waals surface area contributed by atoms with Gasteiger partial charge in [0, 0.05) is 7.05 Å². The zero-order valence-corrected chi connectivity index (χ0v) is 11.7. The van der Waals surface area contributed by atoms with Gasteiger partial charge in [0.15, 0.2) is 0 Å². The Morgan fingerprint density at radius 2 is 2.21 bits per heavy atom. The average Bonchev–Trinajstić information content (AvgIpc) is 2.44. The van der Waals surface area contributed by atoms with Gasteiger partial charge in [-0.2, -0.15) is 0 Å². The molecule has 0 saturated heterocycles. The van der Waals surface area contributed by atoms with Crippen molar-refractivity contribution in [1.82, 2.24) is 0 Å². The Morgan fingerprint density at radius 3 is 2.89 bits per heavy atom. The van der Waals surface area contributed by atoms with E-state index in [1.807, 2.05) is 19.2 Å². The van der Waals surface area contributed by atoms with Gasteiger partial charge in [0.1, 0.15) is 25.2 Å². The SMILES string of the molecule is C=N/C=C\OCCOc1c(CCC)cccc1NC. The van der Waals surface area contributed by atoms with Crippen molar-refractivity contribution in [3.63, 3.8) is 0 Å². The number of hydrogen-bond acceptors (Lipinski definition) is 4. The van der Waals surface area contributed by atoms with Crippen LogP contribution in [0.4, 0.5) is 5.69 Å². The molecule has 0 aliphatic rings. The summed E-state index contributed by atoms with van der Waals surface area (Å²) in [7, 11) is 1.90. The van der Waals surface area contributed by atoms with E-state index in [4.69, 9.17) is 9.47 Å². The number of hydrogen-bond donors (Lipinski definition) is 1. The van der Waals surface area contributed by atoms with Crippen molar-refractivity contribution in [1.29, 1.82) is 0 Å². The second-order valence-electron chi connectivity index (χ2n) is 3.98. The molecule has 19 heavy (non-hydrogen) atoms. The van der Waals surface area contributed by atoms with Gasteiger partial charge in [0.25, 0.3) is 0 Å². The zero-order chi connectivity index (χ0) is 13.9. The van der Waals surface area contributed by atoms with E-state index in [0.29, 0.717) is 13.2 Å². The first kappa shape index (κ1) is 15.1. The lowest BCUT2D eigenvalue weighted by Crippen LogP contribution is -2.07. The van der Waals surface area contributed by atoms with Crippen molar-refractivity contribution >= 4 is 12.4 Å². The Hall–Kier alpha value is -1.97. The van der Waals surface area contributed by atoms with Crippen LogP contribution in [0.15, 0.2) is 35.7 Å². The van der Waals surface area contributed by atoms with Gasteiger partial charge in [-0.3, -0.25) is 4.99 Å². The van der Waals surface area contributed by atoms with E-state index in [1.165, 1.54) is 18.0 Å². The molecule has 0 spiro atoms. The molecule has 4 nitrogen and oxygen atoms in total. The molecule has 1 rings (SSSR count). The van der Waals surface area contributed by atoms with E-state index in [0.717, 1.165) is 24.3 Å². The number of nitrogens with zero attached hydrogens (tertiary/aromatic N) is 1. The Labute approximate surface area is 115 Å². The fraction of sp³-hybridized carbons (Fsp3) is 0.400. The minimum atomic E-state index is 0.482. The molecule has 104 valence electrons. The van der Waals surface area contributed by atoms with Crippen LogP contribution in [0.1, 0.15) is 18.9 Å². The van der Waals surface area contributed by atoms with Gasteiger partial charge in [-0.15, -0.1) is 0 Å². The quantitative estimate of drug-likeness (QED) is 0.422. The Balaban J connectivity index is 2.59. The van der Waals surface area contributed by atoms with Gasteiger partial charge in [-0.25, -0.2) is 0 Å². The maximum atomic E-state index is 5.82. The van der Waals surface area contributed by atoms with Crippen LogP contribution in [0.3, 0.4) is 0 Å². The lowest BCUT2D eigenvalue weighted by Gasteiger charge is -2.15. The van der Waals surface area contributed by atoms with E-state index in [-0.39, 0.29) is 0 Å². The van der Waals surface area contributed by atoms with Crippen LogP contribution in [0.25, 0.3) is 0 Å².